The predicted octanol–water partition coefficient (Wildman–Crippen LogP) is -0.334. The smallest absolute Gasteiger partial charge is 0.323 e. The van der Waals surface area contributed by atoms with Crippen molar-refractivity contribution in [2.24, 2.45) is 0 Å². The zero-order valence-corrected chi connectivity index (χ0v) is 6.70. The molecule has 1 aliphatic carbocycles. The molecule has 5 nitrogen and oxygen atoms in total. The van der Waals surface area contributed by atoms with Gasteiger partial charge in [-0.3, -0.25) is 14.9 Å². The Labute approximate surface area is 69.4 Å². The van der Waals surface area contributed by atoms with Crippen molar-refractivity contribution < 1.29 is 19.8 Å². The van der Waals surface area contributed by atoms with Crippen LogP contribution in [0.3, 0.4) is 0 Å². The summed E-state index contributed by atoms with van der Waals surface area (Å²) in [5.74, 6) is -1.99. The van der Waals surface area contributed by atoms with Crippen molar-refractivity contribution in [2.45, 2.75) is 31.3 Å². The second-order valence-corrected chi connectivity index (χ2v) is 3.09. The normalized spacial score (nSPS) is 21.4. The highest BCUT2D eigenvalue weighted by molar-refractivity contribution is 5.84. The van der Waals surface area contributed by atoms with E-state index < -0.39 is 23.5 Å². The molecule has 0 aromatic heterocycles. The maximum absolute atomic E-state index is 10.6. The molecule has 0 radical (unpaired) electrons. The number of hydrogen-bond acceptors (Lipinski definition) is 3. The van der Waals surface area contributed by atoms with Crippen LogP contribution in [0.25, 0.3) is 0 Å². The van der Waals surface area contributed by atoms with Crippen LogP contribution in [0, 0.1) is 0 Å². The van der Waals surface area contributed by atoms with Crippen LogP contribution in [0.15, 0.2) is 0 Å². The number of carboxylic acid groups (broad SMARTS) is 2. The van der Waals surface area contributed by atoms with E-state index in [0.29, 0.717) is 12.8 Å². The van der Waals surface area contributed by atoms with Crippen LogP contribution >= 0.6 is 0 Å². The van der Waals surface area contributed by atoms with E-state index in [-0.39, 0.29) is 0 Å². The van der Waals surface area contributed by atoms with Gasteiger partial charge in [0, 0.05) is 0 Å². The molecule has 0 heterocycles. The van der Waals surface area contributed by atoms with Crippen LogP contribution in [-0.4, -0.2) is 33.7 Å². The van der Waals surface area contributed by atoms with E-state index in [1.807, 2.05) is 0 Å². The minimum absolute atomic E-state index is 0.514. The van der Waals surface area contributed by atoms with Crippen molar-refractivity contribution in [3.8, 4) is 0 Å². The fourth-order valence-electron chi connectivity index (χ4n) is 1.02. The van der Waals surface area contributed by atoms with Crippen LogP contribution < -0.4 is 5.32 Å². The molecule has 12 heavy (non-hydrogen) atoms. The summed E-state index contributed by atoms with van der Waals surface area (Å²) in [6.45, 7) is 1.44. The summed E-state index contributed by atoms with van der Waals surface area (Å²) in [5.41, 5.74) is -0.961. The van der Waals surface area contributed by atoms with E-state index in [2.05, 4.69) is 5.32 Å². The van der Waals surface area contributed by atoms with Crippen molar-refractivity contribution in [2.75, 3.05) is 0 Å². The van der Waals surface area contributed by atoms with Gasteiger partial charge in [-0.25, -0.2) is 0 Å². The Morgan fingerprint density at radius 3 is 2.17 bits per heavy atom. The Morgan fingerprint density at radius 2 is 1.92 bits per heavy atom. The summed E-state index contributed by atoms with van der Waals surface area (Å²) in [7, 11) is 0. The Balaban J connectivity index is 2.51. The lowest BCUT2D eigenvalue weighted by atomic mass is 10.2. The van der Waals surface area contributed by atoms with Gasteiger partial charge in [0.15, 0.2) is 0 Å². The van der Waals surface area contributed by atoms with E-state index in [1.54, 1.807) is 0 Å². The molecular weight excluding hydrogens is 162 g/mol. The van der Waals surface area contributed by atoms with E-state index >= 15 is 0 Å². The van der Waals surface area contributed by atoms with Gasteiger partial charge in [0.25, 0.3) is 0 Å². The molecule has 68 valence electrons. The first-order valence-electron chi connectivity index (χ1n) is 3.72. The third-order valence-electron chi connectivity index (χ3n) is 2.02. The maximum atomic E-state index is 10.6. The molecule has 1 rings (SSSR count). The molecule has 0 spiro atoms. The van der Waals surface area contributed by atoms with Crippen LogP contribution in [0.2, 0.25) is 0 Å². The van der Waals surface area contributed by atoms with Gasteiger partial charge < -0.3 is 10.2 Å². The number of nitrogens with one attached hydrogen (secondary N) is 1. The molecule has 0 aromatic rings. The molecule has 1 fully saturated rings. The zero-order chi connectivity index (χ0) is 9.35. The van der Waals surface area contributed by atoms with E-state index in [9.17, 15) is 9.59 Å². The first kappa shape index (κ1) is 8.99. The molecule has 0 aromatic carbocycles. The molecule has 0 amide bonds. The van der Waals surface area contributed by atoms with Gasteiger partial charge >= 0.3 is 11.9 Å². The topological polar surface area (TPSA) is 86.6 Å². The first-order chi connectivity index (χ1) is 5.48. The summed E-state index contributed by atoms with van der Waals surface area (Å²) >= 11 is 0. The van der Waals surface area contributed by atoms with Crippen molar-refractivity contribution in [1.82, 2.24) is 5.32 Å². The van der Waals surface area contributed by atoms with Gasteiger partial charge in [-0.1, -0.05) is 0 Å². The second-order valence-electron chi connectivity index (χ2n) is 3.09. The molecule has 1 aliphatic rings. The number of carbonyl (C=O) groups is 2. The van der Waals surface area contributed by atoms with Gasteiger partial charge in [0.2, 0.25) is 0 Å². The van der Waals surface area contributed by atoms with Crippen LogP contribution in [0.5, 0.6) is 0 Å². The van der Waals surface area contributed by atoms with Crippen molar-refractivity contribution >= 4 is 11.9 Å². The SMILES string of the molecule is CC(NC1(C(=O)O)CC1)C(=O)O. The second kappa shape index (κ2) is 2.75. The summed E-state index contributed by atoms with van der Waals surface area (Å²) in [6, 6.07) is -0.802. The average Bonchev–Trinajstić information content (AvgIpc) is 2.68. The summed E-state index contributed by atoms with van der Waals surface area (Å²) < 4.78 is 0. The molecule has 1 saturated carbocycles. The number of rotatable bonds is 4. The third kappa shape index (κ3) is 1.55. The zero-order valence-electron chi connectivity index (χ0n) is 6.70. The van der Waals surface area contributed by atoms with Crippen molar-refractivity contribution in [3.05, 3.63) is 0 Å². The Kier molecular flexibility index (Phi) is 2.06. The van der Waals surface area contributed by atoms with Gasteiger partial charge in [-0.15, -0.1) is 0 Å². The number of aliphatic carboxylic acids is 2. The Morgan fingerprint density at radius 1 is 1.42 bits per heavy atom. The number of carboxylic acids is 2. The fourth-order valence-corrected chi connectivity index (χ4v) is 1.02. The Hall–Kier alpha value is -1.10. The van der Waals surface area contributed by atoms with Crippen LogP contribution in [0.4, 0.5) is 0 Å². The average molecular weight is 173 g/mol. The van der Waals surface area contributed by atoms with Crippen LogP contribution in [0.1, 0.15) is 19.8 Å². The van der Waals surface area contributed by atoms with Crippen LogP contribution in [-0.2, 0) is 9.59 Å². The van der Waals surface area contributed by atoms with E-state index in [4.69, 9.17) is 10.2 Å². The number of hydrogen-bond donors (Lipinski definition) is 3. The van der Waals surface area contributed by atoms with E-state index in [1.165, 1.54) is 6.92 Å². The molecule has 0 bridgehead atoms. The lowest BCUT2D eigenvalue weighted by Crippen LogP contribution is -2.47. The standard InChI is InChI=1S/C7H11NO4/c1-4(5(9)10)8-7(2-3-7)6(11)12/h4,8H,2-3H2,1H3,(H,9,10)(H,11,12). The lowest BCUT2D eigenvalue weighted by Gasteiger charge is -2.15. The van der Waals surface area contributed by atoms with Gasteiger partial charge in [-0.2, -0.15) is 0 Å². The monoisotopic (exact) mass is 173 g/mol. The van der Waals surface area contributed by atoms with Gasteiger partial charge in [0.05, 0.1) is 0 Å². The summed E-state index contributed by atoms with van der Waals surface area (Å²) in [4.78, 5) is 21.0. The quantitative estimate of drug-likeness (QED) is 0.541. The first-order valence-corrected chi connectivity index (χ1v) is 3.72. The largest absolute Gasteiger partial charge is 0.480 e. The molecule has 5 heteroatoms. The highest BCUT2D eigenvalue weighted by Crippen LogP contribution is 2.35. The van der Waals surface area contributed by atoms with Crippen molar-refractivity contribution in [3.63, 3.8) is 0 Å². The molecular formula is C7H11NO4. The summed E-state index contributed by atoms with van der Waals surface area (Å²) in [6.07, 6.45) is 1.03. The minimum Gasteiger partial charge on any atom is -0.480 e. The Bertz CT molecular complexity index is 221. The third-order valence-corrected chi connectivity index (χ3v) is 2.02. The predicted molar refractivity (Wildman–Crippen MR) is 39.8 cm³/mol. The maximum Gasteiger partial charge on any atom is 0.323 e. The lowest BCUT2D eigenvalue weighted by molar-refractivity contribution is -0.143. The molecule has 1 atom stereocenters. The minimum atomic E-state index is -1.03. The molecule has 3 N–H and O–H groups in total. The van der Waals surface area contributed by atoms with Gasteiger partial charge in [-0.05, 0) is 19.8 Å². The van der Waals surface area contributed by atoms with E-state index in [0.717, 1.165) is 0 Å². The highest BCUT2D eigenvalue weighted by atomic mass is 16.4. The molecule has 1 unspecified atom stereocenters. The van der Waals surface area contributed by atoms with Gasteiger partial charge in [0.1, 0.15) is 11.6 Å². The molecule has 0 saturated heterocycles. The fraction of sp³-hybridized carbons (Fsp3) is 0.714. The molecule has 0 aliphatic heterocycles. The summed E-state index contributed by atoms with van der Waals surface area (Å²) in [5, 5.41) is 19.7. The highest BCUT2D eigenvalue weighted by Gasteiger charge is 2.51. The van der Waals surface area contributed by atoms with Crippen molar-refractivity contribution in [1.29, 1.82) is 0 Å².